The van der Waals surface area contributed by atoms with E-state index in [9.17, 15) is 8.42 Å². The molecule has 0 radical (unpaired) electrons. The summed E-state index contributed by atoms with van der Waals surface area (Å²) >= 11 is 0. The minimum absolute atomic E-state index is 0.195. The van der Waals surface area contributed by atoms with Crippen molar-refractivity contribution in [1.82, 2.24) is 9.78 Å². The lowest BCUT2D eigenvalue weighted by Gasteiger charge is -2.08. The summed E-state index contributed by atoms with van der Waals surface area (Å²) in [5, 5.41) is 3.90. The molecule has 3 N–H and O–H groups in total. The molecular formula is C11H14N4O2S. The summed E-state index contributed by atoms with van der Waals surface area (Å²) in [6.45, 7) is 0.384. The molecular weight excluding hydrogens is 252 g/mol. The number of anilines is 1. The Bertz CT molecular complexity index is 631. The molecule has 7 heteroatoms. The first-order chi connectivity index (χ1) is 8.53. The van der Waals surface area contributed by atoms with Crippen LogP contribution < -0.4 is 10.5 Å². The molecule has 1 aromatic carbocycles. The van der Waals surface area contributed by atoms with E-state index in [1.807, 2.05) is 0 Å². The first kappa shape index (κ1) is 12.6. The van der Waals surface area contributed by atoms with E-state index in [1.54, 1.807) is 25.2 Å². The maximum absolute atomic E-state index is 12.1. The molecule has 0 spiro atoms. The Morgan fingerprint density at radius 2 is 1.94 bits per heavy atom. The van der Waals surface area contributed by atoms with Crippen molar-refractivity contribution < 1.29 is 8.42 Å². The van der Waals surface area contributed by atoms with E-state index >= 15 is 0 Å². The van der Waals surface area contributed by atoms with Crippen LogP contribution in [0.4, 0.5) is 5.82 Å². The third-order valence-electron chi connectivity index (χ3n) is 2.53. The van der Waals surface area contributed by atoms with Crippen molar-refractivity contribution in [3.63, 3.8) is 0 Å². The van der Waals surface area contributed by atoms with Crippen LogP contribution in [0.2, 0.25) is 0 Å². The number of nitrogens with two attached hydrogens (primary N) is 1. The van der Waals surface area contributed by atoms with Gasteiger partial charge in [0.1, 0.15) is 5.82 Å². The third kappa shape index (κ3) is 2.52. The molecule has 1 heterocycles. The highest BCUT2D eigenvalue weighted by atomic mass is 32.2. The van der Waals surface area contributed by atoms with Gasteiger partial charge in [0.2, 0.25) is 0 Å². The molecule has 2 aromatic rings. The fourth-order valence-corrected chi connectivity index (χ4v) is 2.56. The van der Waals surface area contributed by atoms with Crippen molar-refractivity contribution in [2.24, 2.45) is 12.8 Å². The summed E-state index contributed by atoms with van der Waals surface area (Å²) in [5.74, 6) is 0.415. The van der Waals surface area contributed by atoms with Gasteiger partial charge in [-0.3, -0.25) is 9.40 Å². The molecule has 0 aliphatic carbocycles. The van der Waals surface area contributed by atoms with Crippen molar-refractivity contribution in [3.8, 4) is 0 Å². The molecule has 6 nitrogen and oxygen atoms in total. The molecule has 1 aromatic heterocycles. The Labute approximate surface area is 105 Å². The third-order valence-corrected chi connectivity index (χ3v) is 3.90. The summed E-state index contributed by atoms with van der Waals surface area (Å²) in [4.78, 5) is 0.195. The highest BCUT2D eigenvalue weighted by Crippen LogP contribution is 2.15. The second kappa shape index (κ2) is 4.79. The van der Waals surface area contributed by atoms with Crippen LogP contribution in [0.3, 0.4) is 0 Å². The highest BCUT2D eigenvalue weighted by Gasteiger charge is 2.15. The monoisotopic (exact) mass is 266 g/mol. The predicted octanol–water partition coefficient (Wildman–Crippen LogP) is 0.680. The van der Waals surface area contributed by atoms with E-state index < -0.39 is 10.0 Å². The topological polar surface area (TPSA) is 90.0 Å². The lowest BCUT2D eigenvalue weighted by atomic mass is 10.2. The number of hydrogen-bond donors (Lipinski definition) is 2. The molecule has 96 valence electrons. The van der Waals surface area contributed by atoms with Gasteiger partial charge in [-0.1, -0.05) is 12.1 Å². The van der Waals surface area contributed by atoms with E-state index in [-0.39, 0.29) is 4.90 Å². The maximum Gasteiger partial charge on any atom is 0.263 e. The number of aryl methyl sites for hydroxylation is 1. The Morgan fingerprint density at radius 1 is 1.28 bits per heavy atom. The molecule has 0 saturated heterocycles. The van der Waals surface area contributed by atoms with Crippen LogP contribution in [0.15, 0.2) is 41.4 Å². The van der Waals surface area contributed by atoms with Gasteiger partial charge in [0, 0.05) is 19.7 Å². The summed E-state index contributed by atoms with van der Waals surface area (Å²) in [6, 6.07) is 8.03. The van der Waals surface area contributed by atoms with Gasteiger partial charge in [0.25, 0.3) is 10.0 Å². The van der Waals surface area contributed by atoms with Crippen molar-refractivity contribution in [3.05, 3.63) is 42.1 Å². The first-order valence-corrected chi connectivity index (χ1v) is 6.81. The zero-order valence-corrected chi connectivity index (χ0v) is 10.7. The summed E-state index contributed by atoms with van der Waals surface area (Å²) < 4.78 is 28.0. The van der Waals surface area contributed by atoms with Gasteiger partial charge in [-0.2, -0.15) is 5.10 Å². The minimum atomic E-state index is -3.58. The first-order valence-electron chi connectivity index (χ1n) is 5.33. The smallest absolute Gasteiger partial charge is 0.263 e. The van der Waals surface area contributed by atoms with Crippen molar-refractivity contribution in [2.75, 3.05) is 4.72 Å². The Balaban J connectivity index is 2.28. The van der Waals surface area contributed by atoms with E-state index in [0.29, 0.717) is 12.4 Å². The van der Waals surface area contributed by atoms with Crippen LogP contribution in [-0.4, -0.2) is 18.2 Å². The zero-order chi connectivity index (χ0) is 13.2. The number of sulfonamides is 1. The summed E-state index contributed by atoms with van der Waals surface area (Å²) in [5.41, 5.74) is 6.35. The number of nitrogens with zero attached hydrogens (tertiary/aromatic N) is 2. The Hall–Kier alpha value is -1.86. The van der Waals surface area contributed by atoms with Crippen LogP contribution in [0.1, 0.15) is 5.56 Å². The fourth-order valence-electron chi connectivity index (χ4n) is 1.48. The summed E-state index contributed by atoms with van der Waals surface area (Å²) in [7, 11) is -1.92. The van der Waals surface area contributed by atoms with Crippen LogP contribution in [0.25, 0.3) is 0 Å². The Kier molecular flexibility index (Phi) is 3.35. The molecule has 0 unspecified atom stereocenters. The van der Waals surface area contributed by atoms with E-state index in [1.165, 1.54) is 23.0 Å². The number of aromatic nitrogens is 2. The molecule has 0 bridgehead atoms. The highest BCUT2D eigenvalue weighted by molar-refractivity contribution is 7.92. The van der Waals surface area contributed by atoms with Crippen LogP contribution in [-0.2, 0) is 23.6 Å². The van der Waals surface area contributed by atoms with Gasteiger partial charge in [-0.15, -0.1) is 0 Å². The molecule has 0 aliphatic heterocycles. The molecule has 0 atom stereocenters. The molecule has 2 rings (SSSR count). The fraction of sp³-hybridized carbons (Fsp3) is 0.182. The van der Waals surface area contributed by atoms with Gasteiger partial charge >= 0.3 is 0 Å². The van der Waals surface area contributed by atoms with Gasteiger partial charge in [-0.05, 0) is 17.7 Å². The van der Waals surface area contributed by atoms with E-state index in [0.717, 1.165) is 5.56 Å². The second-order valence-corrected chi connectivity index (χ2v) is 5.48. The molecule has 0 fully saturated rings. The van der Waals surface area contributed by atoms with Crippen LogP contribution >= 0.6 is 0 Å². The van der Waals surface area contributed by atoms with Gasteiger partial charge in [0.05, 0.1) is 11.1 Å². The number of rotatable bonds is 4. The number of hydrogen-bond acceptors (Lipinski definition) is 4. The predicted molar refractivity (Wildman–Crippen MR) is 68.3 cm³/mol. The molecule has 0 amide bonds. The van der Waals surface area contributed by atoms with E-state index in [2.05, 4.69) is 9.82 Å². The standard InChI is InChI=1S/C11H14N4O2S/c1-15-11(6-7-13-15)14-18(16,17)10-4-2-9(8-12)3-5-10/h2-7,14H,8,12H2,1H3. The van der Waals surface area contributed by atoms with Gasteiger partial charge in [-0.25, -0.2) is 8.42 Å². The average molecular weight is 266 g/mol. The lowest BCUT2D eigenvalue weighted by Crippen LogP contribution is -2.15. The number of nitrogens with one attached hydrogen (secondary N) is 1. The normalized spacial score (nSPS) is 11.4. The molecule has 0 aliphatic rings. The zero-order valence-electron chi connectivity index (χ0n) is 9.87. The van der Waals surface area contributed by atoms with Crippen molar-refractivity contribution in [1.29, 1.82) is 0 Å². The van der Waals surface area contributed by atoms with Crippen LogP contribution in [0.5, 0.6) is 0 Å². The van der Waals surface area contributed by atoms with Gasteiger partial charge in [0.15, 0.2) is 0 Å². The average Bonchev–Trinajstić information content (AvgIpc) is 2.74. The minimum Gasteiger partial charge on any atom is -0.326 e. The maximum atomic E-state index is 12.1. The van der Waals surface area contributed by atoms with Crippen LogP contribution in [0, 0.1) is 0 Å². The van der Waals surface area contributed by atoms with E-state index in [4.69, 9.17) is 5.73 Å². The lowest BCUT2D eigenvalue weighted by molar-refractivity contribution is 0.600. The number of benzene rings is 1. The van der Waals surface area contributed by atoms with Crippen molar-refractivity contribution >= 4 is 15.8 Å². The Morgan fingerprint density at radius 3 is 2.44 bits per heavy atom. The largest absolute Gasteiger partial charge is 0.326 e. The molecule has 18 heavy (non-hydrogen) atoms. The molecule has 0 saturated carbocycles. The quantitative estimate of drug-likeness (QED) is 0.851. The van der Waals surface area contributed by atoms with Gasteiger partial charge < -0.3 is 5.73 Å². The second-order valence-electron chi connectivity index (χ2n) is 3.79. The van der Waals surface area contributed by atoms with Crippen molar-refractivity contribution in [2.45, 2.75) is 11.4 Å². The SMILES string of the molecule is Cn1nccc1NS(=O)(=O)c1ccc(CN)cc1. The summed E-state index contributed by atoms with van der Waals surface area (Å²) in [6.07, 6.45) is 1.52.